The van der Waals surface area contributed by atoms with Crippen LogP contribution in [0.3, 0.4) is 0 Å². The minimum absolute atomic E-state index is 0.204. The highest BCUT2D eigenvalue weighted by atomic mass is 16.5. The van der Waals surface area contributed by atoms with Crippen LogP contribution in [0.1, 0.15) is 40.5 Å². The van der Waals surface area contributed by atoms with Crippen LogP contribution < -0.4 is 0 Å². The summed E-state index contributed by atoms with van der Waals surface area (Å²) in [5, 5.41) is 0. The lowest BCUT2D eigenvalue weighted by atomic mass is 9.87. The molecule has 0 aromatic rings. The molecule has 0 atom stereocenters. The van der Waals surface area contributed by atoms with Gasteiger partial charge in [0.1, 0.15) is 0 Å². The van der Waals surface area contributed by atoms with E-state index in [4.69, 9.17) is 9.47 Å². The number of allylic oxidation sites excluding steroid dienone is 1. The van der Waals surface area contributed by atoms with Crippen LogP contribution in [0.5, 0.6) is 0 Å². The molecule has 0 amide bonds. The Bertz CT molecular complexity index is 279. The van der Waals surface area contributed by atoms with Gasteiger partial charge in [-0.05, 0) is 25.7 Å². The number of carbonyl (C=O) groups excluding carboxylic acids is 2. The van der Waals surface area contributed by atoms with Crippen LogP contribution in [-0.4, -0.2) is 25.2 Å². The van der Waals surface area contributed by atoms with Gasteiger partial charge in [0.2, 0.25) is 0 Å². The van der Waals surface area contributed by atoms with Gasteiger partial charge in [-0.3, -0.25) is 4.79 Å². The van der Waals surface area contributed by atoms with E-state index in [2.05, 4.69) is 0 Å². The molecule has 4 heteroatoms. The Morgan fingerprint density at radius 2 is 1.71 bits per heavy atom. The normalized spacial score (nSPS) is 11.5. The lowest BCUT2D eigenvalue weighted by Crippen LogP contribution is -2.13. The second kappa shape index (κ2) is 7.87. The minimum Gasteiger partial charge on any atom is -0.466 e. The Balaban J connectivity index is 4.10. The zero-order valence-corrected chi connectivity index (χ0v) is 11.1. The van der Waals surface area contributed by atoms with E-state index in [0.717, 1.165) is 0 Å². The van der Waals surface area contributed by atoms with Crippen molar-refractivity contribution in [2.24, 2.45) is 5.41 Å². The van der Waals surface area contributed by atoms with Gasteiger partial charge in [-0.25, -0.2) is 4.79 Å². The van der Waals surface area contributed by atoms with Crippen molar-refractivity contribution < 1.29 is 19.1 Å². The summed E-state index contributed by atoms with van der Waals surface area (Å²) >= 11 is 0. The molecule has 4 nitrogen and oxygen atoms in total. The summed E-state index contributed by atoms with van der Waals surface area (Å²) in [5.74, 6) is -0.554. The maximum atomic E-state index is 11.2. The smallest absolute Gasteiger partial charge is 0.330 e. The molecule has 0 aliphatic carbocycles. The van der Waals surface area contributed by atoms with E-state index in [1.54, 1.807) is 19.9 Å². The number of esters is 2. The van der Waals surface area contributed by atoms with Gasteiger partial charge in [-0.1, -0.05) is 19.9 Å². The maximum absolute atomic E-state index is 11.2. The van der Waals surface area contributed by atoms with Crippen LogP contribution in [0.2, 0.25) is 0 Å². The van der Waals surface area contributed by atoms with Crippen molar-refractivity contribution in [1.82, 2.24) is 0 Å². The zero-order chi connectivity index (χ0) is 13.3. The molecule has 0 aromatic carbocycles. The van der Waals surface area contributed by atoms with Crippen LogP contribution in [0, 0.1) is 5.41 Å². The van der Waals surface area contributed by atoms with Crippen LogP contribution in [0.15, 0.2) is 12.2 Å². The minimum atomic E-state index is -0.350. The van der Waals surface area contributed by atoms with E-state index in [1.165, 1.54) is 6.08 Å². The Hall–Kier alpha value is -1.32. The molecule has 0 spiro atoms. The van der Waals surface area contributed by atoms with Crippen molar-refractivity contribution >= 4 is 11.9 Å². The third-order valence-electron chi connectivity index (χ3n) is 2.24. The standard InChI is InChI=1S/C13H22O4/c1-5-16-11(14)7-9-13(3,4)10-8-12(15)17-6-2/h7,9H,5-6,8,10H2,1-4H3/b9-7+. The molecule has 0 aliphatic rings. The van der Waals surface area contributed by atoms with Gasteiger partial charge >= 0.3 is 11.9 Å². The zero-order valence-electron chi connectivity index (χ0n) is 11.1. The molecule has 0 saturated carbocycles. The number of hydrogen-bond donors (Lipinski definition) is 0. The fourth-order valence-corrected chi connectivity index (χ4v) is 1.22. The average molecular weight is 242 g/mol. The van der Waals surface area contributed by atoms with Crippen LogP contribution in [0.25, 0.3) is 0 Å². The molecule has 0 rings (SSSR count). The summed E-state index contributed by atoms with van der Waals surface area (Å²) in [6.45, 7) is 8.23. The highest BCUT2D eigenvalue weighted by Gasteiger charge is 2.16. The predicted octanol–water partition coefficient (Wildman–Crippen LogP) is 2.48. The SMILES string of the molecule is CCOC(=O)/C=C/C(C)(C)CCC(=O)OCC. The van der Waals surface area contributed by atoms with Gasteiger partial charge in [-0.2, -0.15) is 0 Å². The van der Waals surface area contributed by atoms with Crippen LogP contribution in [-0.2, 0) is 19.1 Å². The van der Waals surface area contributed by atoms with E-state index in [0.29, 0.717) is 26.1 Å². The highest BCUT2D eigenvalue weighted by Crippen LogP contribution is 2.24. The van der Waals surface area contributed by atoms with E-state index < -0.39 is 0 Å². The first kappa shape index (κ1) is 15.7. The van der Waals surface area contributed by atoms with Crippen molar-refractivity contribution in [2.75, 3.05) is 13.2 Å². The van der Waals surface area contributed by atoms with Crippen molar-refractivity contribution in [2.45, 2.75) is 40.5 Å². The number of carbonyl (C=O) groups is 2. The molecule has 0 N–H and O–H groups in total. The average Bonchev–Trinajstić information content (AvgIpc) is 2.25. The van der Waals surface area contributed by atoms with Crippen molar-refractivity contribution in [1.29, 1.82) is 0 Å². The second-order valence-electron chi connectivity index (χ2n) is 4.38. The molecule has 0 bridgehead atoms. The molecular formula is C13H22O4. The first-order valence-electron chi connectivity index (χ1n) is 5.93. The van der Waals surface area contributed by atoms with Gasteiger partial charge in [0.25, 0.3) is 0 Å². The molecule has 0 heterocycles. The summed E-state index contributed by atoms with van der Waals surface area (Å²) < 4.78 is 9.63. The maximum Gasteiger partial charge on any atom is 0.330 e. The molecule has 0 aromatic heterocycles. The van der Waals surface area contributed by atoms with E-state index in [1.807, 2.05) is 13.8 Å². The Morgan fingerprint density at radius 3 is 2.24 bits per heavy atom. The van der Waals surface area contributed by atoms with Crippen LogP contribution in [0.4, 0.5) is 0 Å². The molecule has 0 saturated heterocycles. The largest absolute Gasteiger partial charge is 0.466 e. The molecule has 17 heavy (non-hydrogen) atoms. The first-order chi connectivity index (χ1) is 7.91. The van der Waals surface area contributed by atoms with E-state index >= 15 is 0 Å². The van der Waals surface area contributed by atoms with Crippen molar-refractivity contribution in [3.05, 3.63) is 12.2 Å². The van der Waals surface area contributed by atoms with Crippen molar-refractivity contribution in [3.63, 3.8) is 0 Å². The summed E-state index contributed by atoms with van der Waals surface area (Å²) in [7, 11) is 0. The molecular weight excluding hydrogens is 220 g/mol. The lowest BCUT2D eigenvalue weighted by Gasteiger charge is -2.19. The molecule has 0 unspecified atom stereocenters. The summed E-state index contributed by atoms with van der Waals surface area (Å²) in [4.78, 5) is 22.3. The Kier molecular flexibility index (Phi) is 7.26. The van der Waals surface area contributed by atoms with E-state index in [9.17, 15) is 9.59 Å². The third-order valence-corrected chi connectivity index (χ3v) is 2.24. The lowest BCUT2D eigenvalue weighted by molar-refractivity contribution is -0.143. The fourth-order valence-electron chi connectivity index (χ4n) is 1.22. The van der Waals surface area contributed by atoms with E-state index in [-0.39, 0.29) is 17.4 Å². The van der Waals surface area contributed by atoms with Gasteiger partial charge in [0, 0.05) is 12.5 Å². The predicted molar refractivity (Wildman–Crippen MR) is 65.4 cm³/mol. The quantitative estimate of drug-likeness (QED) is 0.508. The highest BCUT2D eigenvalue weighted by molar-refractivity contribution is 5.82. The van der Waals surface area contributed by atoms with Gasteiger partial charge < -0.3 is 9.47 Å². The Labute approximate surface area is 103 Å². The molecule has 0 radical (unpaired) electrons. The molecule has 98 valence electrons. The fraction of sp³-hybridized carbons (Fsp3) is 0.692. The number of ether oxygens (including phenoxy) is 2. The topological polar surface area (TPSA) is 52.6 Å². The van der Waals surface area contributed by atoms with Crippen LogP contribution >= 0.6 is 0 Å². The summed E-state index contributed by atoms with van der Waals surface area (Å²) in [5.41, 5.74) is -0.223. The summed E-state index contributed by atoms with van der Waals surface area (Å²) in [6, 6.07) is 0. The van der Waals surface area contributed by atoms with Gasteiger partial charge in [0.15, 0.2) is 0 Å². The van der Waals surface area contributed by atoms with Gasteiger partial charge in [-0.15, -0.1) is 0 Å². The summed E-state index contributed by atoms with van der Waals surface area (Å²) in [6.07, 6.45) is 4.18. The second-order valence-corrected chi connectivity index (χ2v) is 4.38. The molecule has 0 aliphatic heterocycles. The molecule has 0 fully saturated rings. The van der Waals surface area contributed by atoms with Crippen molar-refractivity contribution in [3.8, 4) is 0 Å². The number of rotatable bonds is 7. The Morgan fingerprint density at radius 1 is 1.12 bits per heavy atom. The third kappa shape index (κ3) is 8.48. The first-order valence-corrected chi connectivity index (χ1v) is 5.93. The monoisotopic (exact) mass is 242 g/mol. The number of hydrogen-bond acceptors (Lipinski definition) is 4. The van der Waals surface area contributed by atoms with Gasteiger partial charge in [0.05, 0.1) is 13.2 Å².